The van der Waals surface area contributed by atoms with Crippen molar-refractivity contribution in [3.05, 3.63) is 0 Å². The van der Waals surface area contributed by atoms with E-state index in [2.05, 4.69) is 10.3 Å². The van der Waals surface area contributed by atoms with Gasteiger partial charge in [0, 0.05) is 0 Å². The predicted octanol–water partition coefficient (Wildman–Crippen LogP) is 1.86. The van der Waals surface area contributed by atoms with Gasteiger partial charge in [-0.25, -0.2) is 0 Å². The number of rotatable bonds is 4. The second-order valence-electron chi connectivity index (χ2n) is 2.52. The molecule has 0 aromatic carbocycles. The van der Waals surface area contributed by atoms with E-state index in [1.54, 1.807) is 13.8 Å². The van der Waals surface area contributed by atoms with Crippen molar-refractivity contribution >= 4 is 11.4 Å². The lowest BCUT2D eigenvalue weighted by Crippen LogP contribution is -1.95. The van der Waals surface area contributed by atoms with Gasteiger partial charge in [-0.3, -0.25) is 0 Å². The zero-order valence-corrected chi connectivity index (χ0v) is 6.91. The van der Waals surface area contributed by atoms with Gasteiger partial charge in [-0.2, -0.15) is 0 Å². The Morgan fingerprint density at radius 1 is 1.00 bits per heavy atom. The molecule has 11 heavy (non-hydrogen) atoms. The average Bonchev–Trinajstić information content (AvgIpc) is 2.04. The highest BCUT2D eigenvalue weighted by Gasteiger charge is 1.94. The standard InChI is InChI=1S/C7H14N2O2/c1-6(8-10)4-3-5-7(2)9-11/h10-11H,3-5H2,1-2H3. The monoisotopic (exact) mass is 158 g/mol. The van der Waals surface area contributed by atoms with Gasteiger partial charge in [0.15, 0.2) is 0 Å². The lowest BCUT2D eigenvalue weighted by Gasteiger charge is -1.96. The summed E-state index contributed by atoms with van der Waals surface area (Å²) in [6.07, 6.45) is 2.33. The molecule has 0 amide bonds. The average molecular weight is 158 g/mol. The van der Waals surface area contributed by atoms with Crippen LogP contribution in [0.15, 0.2) is 10.3 Å². The van der Waals surface area contributed by atoms with Gasteiger partial charge in [0.05, 0.1) is 11.4 Å². The fourth-order valence-electron chi connectivity index (χ4n) is 0.700. The summed E-state index contributed by atoms with van der Waals surface area (Å²) < 4.78 is 0. The molecule has 0 unspecified atom stereocenters. The molecular formula is C7H14N2O2. The van der Waals surface area contributed by atoms with Crippen LogP contribution in [0.25, 0.3) is 0 Å². The molecule has 4 nitrogen and oxygen atoms in total. The summed E-state index contributed by atoms with van der Waals surface area (Å²) in [5, 5.41) is 22.6. The molecule has 0 aliphatic rings. The third-order valence-corrected chi connectivity index (χ3v) is 1.42. The van der Waals surface area contributed by atoms with Crippen LogP contribution in [0.2, 0.25) is 0 Å². The van der Waals surface area contributed by atoms with Crippen molar-refractivity contribution in [1.29, 1.82) is 0 Å². The van der Waals surface area contributed by atoms with Crippen LogP contribution in [-0.2, 0) is 0 Å². The van der Waals surface area contributed by atoms with Gasteiger partial charge in [-0.1, -0.05) is 10.3 Å². The first kappa shape index (κ1) is 9.94. The maximum Gasteiger partial charge on any atom is 0.0540 e. The molecule has 0 saturated carbocycles. The molecule has 0 aromatic rings. The molecule has 0 rings (SSSR count). The Morgan fingerprint density at radius 3 is 1.64 bits per heavy atom. The summed E-state index contributed by atoms with van der Waals surface area (Å²) in [5.74, 6) is 0. The number of oxime groups is 2. The van der Waals surface area contributed by atoms with Crippen LogP contribution in [0.3, 0.4) is 0 Å². The van der Waals surface area contributed by atoms with Gasteiger partial charge < -0.3 is 10.4 Å². The fourth-order valence-corrected chi connectivity index (χ4v) is 0.700. The van der Waals surface area contributed by atoms with Gasteiger partial charge in [-0.05, 0) is 33.1 Å². The lowest BCUT2D eigenvalue weighted by molar-refractivity contribution is 0.316. The van der Waals surface area contributed by atoms with Gasteiger partial charge in [0.1, 0.15) is 0 Å². The predicted molar refractivity (Wildman–Crippen MR) is 43.6 cm³/mol. The second-order valence-corrected chi connectivity index (χ2v) is 2.52. The highest BCUT2D eigenvalue weighted by molar-refractivity contribution is 5.83. The van der Waals surface area contributed by atoms with E-state index in [-0.39, 0.29) is 0 Å². The van der Waals surface area contributed by atoms with E-state index in [0.29, 0.717) is 11.4 Å². The van der Waals surface area contributed by atoms with Crippen molar-refractivity contribution in [3.8, 4) is 0 Å². The maximum atomic E-state index is 8.27. The van der Waals surface area contributed by atoms with Gasteiger partial charge in [-0.15, -0.1) is 0 Å². The first-order chi connectivity index (χ1) is 5.20. The van der Waals surface area contributed by atoms with Gasteiger partial charge in [0.2, 0.25) is 0 Å². The van der Waals surface area contributed by atoms with E-state index in [1.165, 1.54) is 0 Å². The molecule has 0 saturated heterocycles. The Hall–Kier alpha value is -1.06. The largest absolute Gasteiger partial charge is 0.411 e. The van der Waals surface area contributed by atoms with Crippen LogP contribution < -0.4 is 0 Å². The van der Waals surface area contributed by atoms with E-state index in [0.717, 1.165) is 19.3 Å². The van der Waals surface area contributed by atoms with Crippen LogP contribution >= 0.6 is 0 Å². The highest BCUT2D eigenvalue weighted by Crippen LogP contribution is 1.98. The lowest BCUT2D eigenvalue weighted by atomic mass is 10.1. The van der Waals surface area contributed by atoms with Crippen LogP contribution in [0.5, 0.6) is 0 Å². The van der Waals surface area contributed by atoms with E-state index in [4.69, 9.17) is 10.4 Å². The molecule has 0 radical (unpaired) electrons. The Labute approximate surface area is 66.2 Å². The Balaban J connectivity index is 3.43. The molecule has 0 atom stereocenters. The minimum Gasteiger partial charge on any atom is -0.411 e. The van der Waals surface area contributed by atoms with E-state index < -0.39 is 0 Å². The number of nitrogens with zero attached hydrogens (tertiary/aromatic N) is 2. The van der Waals surface area contributed by atoms with Crippen molar-refractivity contribution < 1.29 is 10.4 Å². The fraction of sp³-hybridized carbons (Fsp3) is 0.714. The SMILES string of the molecule is CC(CCCC(C)=NO)=NO. The van der Waals surface area contributed by atoms with Crippen LogP contribution in [-0.4, -0.2) is 21.8 Å². The summed E-state index contributed by atoms with van der Waals surface area (Å²) in [6, 6.07) is 0. The molecule has 0 aliphatic carbocycles. The summed E-state index contributed by atoms with van der Waals surface area (Å²) in [7, 11) is 0. The van der Waals surface area contributed by atoms with Crippen LogP contribution in [0, 0.1) is 0 Å². The molecule has 0 heterocycles. The van der Waals surface area contributed by atoms with Crippen molar-refractivity contribution in [2.24, 2.45) is 10.3 Å². The minimum absolute atomic E-state index is 0.704. The molecule has 0 fully saturated rings. The molecule has 64 valence electrons. The van der Waals surface area contributed by atoms with Crippen molar-refractivity contribution in [3.63, 3.8) is 0 Å². The summed E-state index contributed by atoms with van der Waals surface area (Å²) in [4.78, 5) is 0. The van der Waals surface area contributed by atoms with Crippen molar-refractivity contribution in [2.45, 2.75) is 33.1 Å². The van der Waals surface area contributed by atoms with Gasteiger partial charge >= 0.3 is 0 Å². The summed E-state index contributed by atoms with van der Waals surface area (Å²) in [6.45, 7) is 3.51. The molecule has 4 heteroatoms. The number of hydrogen-bond acceptors (Lipinski definition) is 4. The highest BCUT2D eigenvalue weighted by atomic mass is 16.4. The van der Waals surface area contributed by atoms with E-state index in [1.807, 2.05) is 0 Å². The Bertz CT molecular complexity index is 146. The second kappa shape index (κ2) is 5.70. The van der Waals surface area contributed by atoms with Crippen LogP contribution in [0.4, 0.5) is 0 Å². The summed E-state index contributed by atoms with van der Waals surface area (Å²) in [5.41, 5.74) is 1.41. The topological polar surface area (TPSA) is 65.2 Å². The van der Waals surface area contributed by atoms with Crippen LogP contribution in [0.1, 0.15) is 33.1 Å². The molecular weight excluding hydrogens is 144 g/mol. The zero-order valence-electron chi connectivity index (χ0n) is 6.91. The number of hydrogen-bond donors (Lipinski definition) is 2. The quantitative estimate of drug-likeness (QED) is 0.372. The Morgan fingerprint density at radius 2 is 1.36 bits per heavy atom. The molecule has 0 bridgehead atoms. The molecule has 0 spiro atoms. The maximum absolute atomic E-state index is 8.27. The Kier molecular flexibility index (Phi) is 5.15. The van der Waals surface area contributed by atoms with E-state index >= 15 is 0 Å². The van der Waals surface area contributed by atoms with Gasteiger partial charge in [0.25, 0.3) is 0 Å². The van der Waals surface area contributed by atoms with Crippen molar-refractivity contribution in [1.82, 2.24) is 0 Å². The smallest absolute Gasteiger partial charge is 0.0540 e. The molecule has 2 N–H and O–H groups in total. The molecule has 0 aromatic heterocycles. The molecule has 0 aliphatic heterocycles. The van der Waals surface area contributed by atoms with Crippen molar-refractivity contribution in [2.75, 3.05) is 0 Å². The normalized spacial score (nSPS) is 13.6. The third-order valence-electron chi connectivity index (χ3n) is 1.42. The van der Waals surface area contributed by atoms with E-state index in [9.17, 15) is 0 Å². The zero-order chi connectivity index (χ0) is 8.69. The minimum atomic E-state index is 0.704. The first-order valence-corrected chi connectivity index (χ1v) is 3.55. The summed E-state index contributed by atoms with van der Waals surface area (Å²) >= 11 is 0. The third kappa shape index (κ3) is 5.39. The first-order valence-electron chi connectivity index (χ1n) is 3.55.